The maximum atomic E-state index is 10.7. The van der Waals surface area contributed by atoms with Crippen LogP contribution >= 0.6 is 0 Å². The number of hydrogen-bond donors (Lipinski definition) is 1. The summed E-state index contributed by atoms with van der Waals surface area (Å²) < 4.78 is 1.76. The van der Waals surface area contributed by atoms with E-state index in [0.29, 0.717) is 13.1 Å². The third-order valence-corrected chi connectivity index (χ3v) is 2.44. The minimum atomic E-state index is -0.865. The van der Waals surface area contributed by atoms with E-state index < -0.39 is 6.09 Å². The van der Waals surface area contributed by atoms with E-state index >= 15 is 0 Å². The summed E-state index contributed by atoms with van der Waals surface area (Å²) in [6.07, 6.45) is -0.865. The number of nitrogens with zero attached hydrogens (tertiary/aromatic N) is 3. The average molecular weight is 181 g/mol. The highest BCUT2D eigenvalue weighted by atomic mass is 16.4. The van der Waals surface area contributed by atoms with Crippen molar-refractivity contribution >= 4 is 6.09 Å². The van der Waals surface area contributed by atoms with Gasteiger partial charge in [-0.25, -0.2) is 4.79 Å². The molecule has 1 aliphatic heterocycles. The van der Waals surface area contributed by atoms with Gasteiger partial charge in [-0.15, -0.1) is 0 Å². The number of carbonyl (C=O) groups is 1. The van der Waals surface area contributed by atoms with Crippen molar-refractivity contribution in [2.75, 3.05) is 0 Å². The maximum Gasteiger partial charge on any atom is 0.407 e. The summed E-state index contributed by atoms with van der Waals surface area (Å²) in [7, 11) is 1.84. The summed E-state index contributed by atoms with van der Waals surface area (Å²) in [5.74, 6) is 0. The van der Waals surface area contributed by atoms with Gasteiger partial charge in [-0.05, 0) is 6.92 Å². The van der Waals surface area contributed by atoms with E-state index in [4.69, 9.17) is 5.11 Å². The summed E-state index contributed by atoms with van der Waals surface area (Å²) in [6, 6.07) is 0. The van der Waals surface area contributed by atoms with Gasteiger partial charge < -0.3 is 5.11 Å². The highest BCUT2D eigenvalue weighted by molar-refractivity contribution is 5.66. The molecule has 5 nitrogen and oxygen atoms in total. The van der Waals surface area contributed by atoms with Crippen LogP contribution in [-0.4, -0.2) is 25.9 Å². The Bertz CT molecular complexity index is 343. The van der Waals surface area contributed by atoms with Crippen LogP contribution in [0.3, 0.4) is 0 Å². The molecule has 2 rings (SSSR count). The van der Waals surface area contributed by atoms with Gasteiger partial charge >= 0.3 is 6.09 Å². The molecule has 0 aliphatic carbocycles. The van der Waals surface area contributed by atoms with Crippen LogP contribution in [0.1, 0.15) is 17.0 Å². The van der Waals surface area contributed by atoms with Gasteiger partial charge in [0, 0.05) is 12.6 Å². The Kier molecular flexibility index (Phi) is 1.55. The Labute approximate surface area is 75.6 Å². The van der Waals surface area contributed by atoms with Gasteiger partial charge in [-0.2, -0.15) is 5.10 Å². The zero-order valence-electron chi connectivity index (χ0n) is 7.61. The molecule has 0 radical (unpaired) electrons. The van der Waals surface area contributed by atoms with E-state index in [2.05, 4.69) is 5.10 Å². The van der Waals surface area contributed by atoms with Crippen LogP contribution in [0.5, 0.6) is 0 Å². The molecule has 0 unspecified atom stereocenters. The van der Waals surface area contributed by atoms with Gasteiger partial charge in [0.05, 0.1) is 24.5 Å². The Morgan fingerprint density at radius 3 is 2.77 bits per heavy atom. The lowest BCUT2D eigenvalue weighted by Crippen LogP contribution is -2.23. The summed E-state index contributed by atoms with van der Waals surface area (Å²) in [6.45, 7) is 2.84. The van der Waals surface area contributed by atoms with Gasteiger partial charge in [0.25, 0.3) is 0 Å². The van der Waals surface area contributed by atoms with Crippen molar-refractivity contribution in [3.63, 3.8) is 0 Å². The van der Waals surface area contributed by atoms with Gasteiger partial charge in [0.15, 0.2) is 0 Å². The molecule has 2 heterocycles. The summed E-state index contributed by atoms with van der Waals surface area (Å²) in [5.41, 5.74) is 3.01. The first kappa shape index (κ1) is 8.10. The molecule has 0 bridgehead atoms. The van der Waals surface area contributed by atoms with Crippen LogP contribution in [0.2, 0.25) is 0 Å². The van der Waals surface area contributed by atoms with Gasteiger partial charge in [0.1, 0.15) is 0 Å². The second kappa shape index (κ2) is 2.48. The van der Waals surface area contributed by atoms with Crippen LogP contribution in [0.15, 0.2) is 0 Å². The number of aromatic nitrogens is 2. The van der Waals surface area contributed by atoms with Crippen LogP contribution in [0.4, 0.5) is 4.79 Å². The zero-order valence-corrected chi connectivity index (χ0v) is 7.61. The van der Waals surface area contributed by atoms with E-state index in [-0.39, 0.29) is 0 Å². The fraction of sp³-hybridized carbons (Fsp3) is 0.500. The number of fused-ring (bicyclic) bond motifs is 1. The molecule has 1 N–H and O–H groups in total. The summed E-state index contributed by atoms with van der Waals surface area (Å²) in [5, 5.41) is 13.0. The molecule has 0 spiro atoms. The Hall–Kier alpha value is -1.52. The molecule has 1 aromatic rings. The topological polar surface area (TPSA) is 58.4 Å². The first-order chi connectivity index (χ1) is 6.09. The average Bonchev–Trinajstić information content (AvgIpc) is 2.55. The van der Waals surface area contributed by atoms with E-state index in [0.717, 1.165) is 17.0 Å². The van der Waals surface area contributed by atoms with Crippen molar-refractivity contribution in [2.24, 2.45) is 7.05 Å². The molecule has 1 aliphatic rings. The maximum absolute atomic E-state index is 10.7. The monoisotopic (exact) mass is 181 g/mol. The highest BCUT2D eigenvalue weighted by Gasteiger charge is 2.27. The predicted octanol–water partition coefficient (Wildman–Crippen LogP) is 0.722. The van der Waals surface area contributed by atoms with Crippen molar-refractivity contribution in [3.05, 3.63) is 17.0 Å². The molecule has 70 valence electrons. The Morgan fingerprint density at radius 1 is 1.54 bits per heavy atom. The van der Waals surface area contributed by atoms with E-state index in [1.54, 1.807) is 4.68 Å². The number of amides is 1. The molecule has 1 amide bonds. The fourth-order valence-corrected chi connectivity index (χ4v) is 1.72. The Balaban J connectivity index is 2.36. The smallest absolute Gasteiger partial charge is 0.407 e. The minimum Gasteiger partial charge on any atom is -0.465 e. The van der Waals surface area contributed by atoms with Crippen molar-refractivity contribution in [1.82, 2.24) is 14.7 Å². The quantitative estimate of drug-likeness (QED) is 0.641. The molecule has 13 heavy (non-hydrogen) atoms. The zero-order chi connectivity index (χ0) is 9.59. The normalized spacial score (nSPS) is 14.8. The third-order valence-electron chi connectivity index (χ3n) is 2.44. The van der Waals surface area contributed by atoms with Crippen molar-refractivity contribution < 1.29 is 9.90 Å². The predicted molar refractivity (Wildman–Crippen MR) is 45.2 cm³/mol. The van der Waals surface area contributed by atoms with Crippen LogP contribution in [0, 0.1) is 6.92 Å². The molecule has 5 heteroatoms. The van der Waals surface area contributed by atoms with Gasteiger partial charge in [0.2, 0.25) is 0 Å². The molecule has 0 atom stereocenters. The van der Waals surface area contributed by atoms with Crippen LogP contribution in [0.25, 0.3) is 0 Å². The van der Waals surface area contributed by atoms with Crippen LogP contribution in [-0.2, 0) is 20.1 Å². The van der Waals surface area contributed by atoms with Gasteiger partial charge in [-0.1, -0.05) is 0 Å². The van der Waals surface area contributed by atoms with E-state index in [9.17, 15) is 4.79 Å². The molecular formula is C8H11N3O2. The molecule has 0 fully saturated rings. The van der Waals surface area contributed by atoms with Crippen LogP contribution < -0.4 is 0 Å². The van der Waals surface area contributed by atoms with E-state index in [1.807, 2.05) is 14.0 Å². The molecular weight excluding hydrogens is 170 g/mol. The van der Waals surface area contributed by atoms with Gasteiger partial charge in [-0.3, -0.25) is 9.58 Å². The van der Waals surface area contributed by atoms with E-state index in [1.165, 1.54) is 4.90 Å². The lowest BCUT2D eigenvalue weighted by Gasteiger charge is -2.10. The number of carboxylic acid groups (broad SMARTS) is 1. The first-order valence-corrected chi connectivity index (χ1v) is 4.09. The second-order valence-electron chi connectivity index (χ2n) is 3.27. The van der Waals surface area contributed by atoms with Crippen molar-refractivity contribution in [3.8, 4) is 0 Å². The molecule has 0 saturated heterocycles. The first-order valence-electron chi connectivity index (χ1n) is 4.09. The SMILES string of the molecule is Cc1nn(C)c2c1CN(C(=O)O)C2. The fourth-order valence-electron chi connectivity index (χ4n) is 1.72. The Morgan fingerprint density at radius 2 is 2.23 bits per heavy atom. The second-order valence-corrected chi connectivity index (χ2v) is 3.27. The lowest BCUT2D eigenvalue weighted by atomic mass is 10.2. The molecule has 1 aromatic heterocycles. The number of hydrogen-bond acceptors (Lipinski definition) is 2. The lowest BCUT2D eigenvalue weighted by molar-refractivity contribution is 0.144. The molecule has 0 aromatic carbocycles. The standard InChI is InChI=1S/C8H11N3O2/c1-5-6-3-11(8(12)13)4-7(6)10(2)9-5/h3-4H2,1-2H3,(H,12,13). The van der Waals surface area contributed by atoms with Crippen molar-refractivity contribution in [2.45, 2.75) is 20.0 Å². The summed E-state index contributed by atoms with van der Waals surface area (Å²) >= 11 is 0. The van der Waals surface area contributed by atoms with Crippen molar-refractivity contribution in [1.29, 1.82) is 0 Å². The largest absolute Gasteiger partial charge is 0.465 e. The highest BCUT2D eigenvalue weighted by Crippen LogP contribution is 2.24. The molecule has 0 saturated carbocycles. The number of rotatable bonds is 0. The third kappa shape index (κ3) is 1.07. The minimum absolute atomic E-state index is 0.460. The summed E-state index contributed by atoms with van der Waals surface area (Å²) in [4.78, 5) is 12.1. The number of aryl methyl sites for hydroxylation is 2.